The number of nitrogens with one attached hydrogen (secondary N) is 1. The van der Waals surface area contributed by atoms with Gasteiger partial charge in [-0.2, -0.15) is 14.6 Å². The lowest BCUT2D eigenvalue weighted by Crippen LogP contribution is -2.17. The number of halogens is 3. The van der Waals surface area contributed by atoms with Crippen molar-refractivity contribution in [3.05, 3.63) is 81.4 Å². The quantitative estimate of drug-likeness (QED) is 0.158. The van der Waals surface area contributed by atoms with Gasteiger partial charge < -0.3 is 21.7 Å². The van der Waals surface area contributed by atoms with Gasteiger partial charge in [0.2, 0.25) is 29.3 Å². The summed E-state index contributed by atoms with van der Waals surface area (Å²) < 4.78 is 0.768. The van der Waals surface area contributed by atoms with Crippen LogP contribution < -0.4 is 11.5 Å². The van der Waals surface area contributed by atoms with Crippen molar-refractivity contribution in [2.75, 3.05) is 24.7 Å². The molecule has 0 radical (unpaired) electrons. The normalized spacial score (nSPS) is 9.97. The number of aromatic nitrogens is 6. The minimum absolute atomic E-state index is 0.00296. The molecule has 0 atom stereocenters. The first-order chi connectivity index (χ1) is 18.5. The molecule has 4 rings (SSSR count). The molecular weight excluding hydrogens is 579 g/mol. The Bertz CT molecular complexity index is 1490. The third kappa shape index (κ3) is 8.66. The monoisotopic (exact) mass is 596 g/mol. The van der Waals surface area contributed by atoms with Gasteiger partial charge in [0.25, 0.3) is 11.1 Å². The van der Waals surface area contributed by atoms with E-state index in [2.05, 4.69) is 25.3 Å². The lowest BCUT2D eigenvalue weighted by molar-refractivity contribution is 0.0885. The second-order valence-corrected chi connectivity index (χ2v) is 8.11. The third-order valence-corrected chi connectivity index (χ3v) is 5.18. The Hall–Kier alpha value is -4.21. The van der Waals surface area contributed by atoms with Gasteiger partial charge in [0.15, 0.2) is 5.82 Å². The van der Waals surface area contributed by atoms with E-state index in [1.165, 1.54) is 6.07 Å². The summed E-state index contributed by atoms with van der Waals surface area (Å²) in [5.41, 5.74) is 11.1. The zero-order valence-corrected chi connectivity index (χ0v) is 21.9. The van der Waals surface area contributed by atoms with Gasteiger partial charge in [-0.15, -0.1) is 10.2 Å². The largest absolute Gasteiger partial charge is 0.388 e. The maximum Gasteiger partial charge on any atom is 0.282 e. The smallest absolute Gasteiger partial charge is 0.282 e. The number of hydrogen-bond donors (Lipinski definition) is 5. The zero-order valence-electron chi connectivity index (χ0n) is 19.6. The van der Waals surface area contributed by atoms with Gasteiger partial charge in [-0.1, -0.05) is 47.5 Å². The number of nitrogens with two attached hydrogens (primary N) is 2. The number of anilines is 2. The van der Waals surface area contributed by atoms with Gasteiger partial charge in [0, 0.05) is 0 Å². The first-order valence-corrected chi connectivity index (χ1v) is 11.6. The van der Waals surface area contributed by atoms with Gasteiger partial charge in [-0.3, -0.25) is 24.3 Å². The van der Waals surface area contributed by atoms with Crippen LogP contribution in [0.25, 0.3) is 0 Å². The number of carbonyl (C=O) groups is 4. The number of nitrogen functional groups attached to an aromatic ring is 2. The number of nitrogens with zero attached hydrogens (tertiary/aromatic N) is 5. The van der Waals surface area contributed by atoms with Crippen LogP contribution >= 0.6 is 34.8 Å². The Kier molecular flexibility index (Phi) is 11.7. The molecule has 0 aliphatic rings. The molecular formula is C22H19Cl3N8O6. The lowest BCUT2D eigenvalue weighted by Gasteiger charge is -2.03. The highest BCUT2D eigenvalue weighted by Crippen LogP contribution is 2.17. The van der Waals surface area contributed by atoms with E-state index >= 15 is 0 Å². The summed E-state index contributed by atoms with van der Waals surface area (Å²) in [4.78, 5) is 51.6. The van der Waals surface area contributed by atoms with E-state index < -0.39 is 35.9 Å². The summed E-state index contributed by atoms with van der Waals surface area (Å²) in [6.07, 6.45) is 0. The summed E-state index contributed by atoms with van der Waals surface area (Å²) in [6, 6.07) is 13.0. The topological polar surface area (TPSA) is 233 Å². The molecule has 0 spiro atoms. The van der Waals surface area contributed by atoms with Crippen LogP contribution in [-0.4, -0.2) is 76.1 Å². The lowest BCUT2D eigenvalue weighted by atomic mass is 10.2. The summed E-state index contributed by atoms with van der Waals surface area (Å²) in [5.74, 6) is -2.44. The number of rotatable bonds is 6. The number of ketones is 2. The molecule has 0 unspecified atom stereocenters. The fourth-order valence-corrected chi connectivity index (χ4v) is 3.16. The molecule has 4 aromatic rings. The summed E-state index contributed by atoms with van der Waals surface area (Å²) in [6.45, 7) is -1.35. The van der Waals surface area contributed by atoms with E-state index in [1.54, 1.807) is 42.5 Å². The zero-order chi connectivity index (χ0) is 29.1. The maximum atomic E-state index is 12.1. The number of aromatic amines is 1. The Balaban J connectivity index is 0.000000225. The van der Waals surface area contributed by atoms with E-state index in [-0.39, 0.29) is 34.1 Å². The molecule has 39 heavy (non-hydrogen) atoms. The fourth-order valence-electron chi connectivity index (χ4n) is 2.51. The number of carbonyl (C=O) groups excluding carboxylic acids is 4. The Morgan fingerprint density at radius 1 is 0.846 bits per heavy atom. The first-order valence-electron chi connectivity index (χ1n) is 10.4. The van der Waals surface area contributed by atoms with Crippen LogP contribution in [0.5, 0.6) is 0 Å². The van der Waals surface area contributed by atoms with Crippen LogP contribution in [0.1, 0.15) is 42.0 Å². The van der Waals surface area contributed by atoms with E-state index in [9.17, 15) is 19.2 Å². The van der Waals surface area contributed by atoms with Gasteiger partial charge in [0.05, 0.1) is 21.2 Å². The number of benzene rings is 2. The van der Waals surface area contributed by atoms with Crippen molar-refractivity contribution in [3.63, 3.8) is 0 Å². The van der Waals surface area contributed by atoms with E-state index in [1.807, 2.05) is 0 Å². The summed E-state index contributed by atoms with van der Waals surface area (Å²) in [7, 11) is 0. The van der Waals surface area contributed by atoms with Crippen LogP contribution in [-0.2, 0) is 0 Å². The minimum atomic E-state index is -0.760. The molecule has 2 aromatic carbocycles. The Labute approximate surface area is 234 Å². The van der Waals surface area contributed by atoms with Crippen molar-refractivity contribution in [2.45, 2.75) is 0 Å². The minimum Gasteiger partial charge on any atom is -0.388 e. The first kappa shape index (κ1) is 31.0. The molecule has 17 heteroatoms. The Morgan fingerprint density at radius 2 is 1.38 bits per heavy atom. The van der Waals surface area contributed by atoms with Crippen molar-refractivity contribution in [1.29, 1.82) is 0 Å². The second kappa shape index (κ2) is 14.7. The molecule has 7 N–H and O–H groups in total. The third-order valence-electron chi connectivity index (χ3n) is 4.32. The van der Waals surface area contributed by atoms with Crippen LogP contribution in [0.4, 0.5) is 11.9 Å². The molecule has 0 saturated heterocycles. The van der Waals surface area contributed by atoms with Crippen molar-refractivity contribution >= 4 is 69.4 Å². The van der Waals surface area contributed by atoms with Gasteiger partial charge >= 0.3 is 0 Å². The van der Waals surface area contributed by atoms with E-state index in [4.69, 9.17) is 56.5 Å². The standard InChI is InChI=1S/C11H9ClN4O3.C7H4Cl2O.C4H6N4O2/c12-7-4-2-1-3-6(7)10(19)16-11(13)14-9(15-16)8(18)5-17;8-6-4-2-1-3-5(6)7(9)10;5-4-6-3(7-8-4)2(10)1-9/h1-4,17H,5H2,(H2,13,14,15);1-4H;9H,1H2,(H3,5,6,7,8). The maximum absolute atomic E-state index is 12.1. The van der Waals surface area contributed by atoms with Crippen molar-refractivity contribution in [2.24, 2.45) is 0 Å². The van der Waals surface area contributed by atoms with Crippen molar-refractivity contribution < 1.29 is 29.4 Å². The molecule has 14 nitrogen and oxygen atoms in total. The average molecular weight is 598 g/mol. The molecule has 0 saturated carbocycles. The molecule has 0 aliphatic carbocycles. The number of hydrogen-bond acceptors (Lipinski definition) is 12. The van der Waals surface area contributed by atoms with Crippen LogP contribution in [0, 0.1) is 0 Å². The van der Waals surface area contributed by atoms with Gasteiger partial charge in [-0.25, -0.2) is 0 Å². The van der Waals surface area contributed by atoms with E-state index in [0.717, 1.165) is 4.68 Å². The van der Waals surface area contributed by atoms with Crippen LogP contribution in [0.3, 0.4) is 0 Å². The van der Waals surface area contributed by atoms with Crippen LogP contribution in [0.2, 0.25) is 10.0 Å². The van der Waals surface area contributed by atoms with Crippen molar-refractivity contribution in [3.8, 4) is 0 Å². The highest BCUT2D eigenvalue weighted by atomic mass is 35.5. The molecule has 0 amide bonds. The molecule has 2 aromatic heterocycles. The van der Waals surface area contributed by atoms with E-state index in [0.29, 0.717) is 10.6 Å². The van der Waals surface area contributed by atoms with Gasteiger partial charge in [-0.05, 0) is 35.9 Å². The number of aliphatic hydroxyl groups is 2. The summed E-state index contributed by atoms with van der Waals surface area (Å²) >= 11 is 16.7. The number of Topliss-reactive ketones (excluding diaryl/α,β-unsaturated/α-hetero) is 2. The number of aliphatic hydroxyl groups excluding tert-OH is 2. The molecule has 2 heterocycles. The Morgan fingerprint density at radius 3 is 1.82 bits per heavy atom. The number of H-pyrrole nitrogens is 1. The SMILES string of the molecule is Nc1n[nH]c(C(=O)CO)n1.Nc1nc(C(=O)CO)nn1C(=O)c1ccccc1Cl.O=C(Cl)c1ccccc1Cl. The molecule has 204 valence electrons. The molecule has 0 fully saturated rings. The van der Waals surface area contributed by atoms with Crippen LogP contribution in [0.15, 0.2) is 48.5 Å². The predicted octanol–water partition coefficient (Wildman–Crippen LogP) is 1.66. The highest BCUT2D eigenvalue weighted by molar-refractivity contribution is 6.68. The predicted molar refractivity (Wildman–Crippen MR) is 141 cm³/mol. The fraction of sp³-hybridized carbons (Fsp3) is 0.0909. The molecule has 0 aliphatic heterocycles. The summed E-state index contributed by atoms with van der Waals surface area (Å²) in [5, 5.41) is 26.4. The van der Waals surface area contributed by atoms with Gasteiger partial charge in [0.1, 0.15) is 13.2 Å². The average Bonchev–Trinajstić information content (AvgIpc) is 3.54. The van der Waals surface area contributed by atoms with Crippen molar-refractivity contribution in [1.82, 2.24) is 29.9 Å². The second-order valence-electron chi connectivity index (χ2n) is 6.95. The molecule has 0 bridgehead atoms. The highest BCUT2D eigenvalue weighted by Gasteiger charge is 2.20.